The lowest BCUT2D eigenvalue weighted by Crippen LogP contribution is -2.25. The molecule has 1 atom stereocenters. The maximum absolute atomic E-state index is 12.8. The number of carbonyl (C=O) groups excluding carboxylic acids is 1. The number of halogens is 1. The van der Waals surface area contributed by atoms with Gasteiger partial charge in [-0.05, 0) is 19.1 Å². The molecular weight excluding hydrogens is 347 g/mol. The highest BCUT2D eigenvalue weighted by atomic mass is 32.3. The van der Waals surface area contributed by atoms with Gasteiger partial charge in [0.05, 0.1) is 16.3 Å². The number of anilines is 1. The van der Waals surface area contributed by atoms with Crippen molar-refractivity contribution in [1.29, 1.82) is 0 Å². The van der Waals surface area contributed by atoms with E-state index in [-0.39, 0.29) is 18.9 Å². The van der Waals surface area contributed by atoms with E-state index in [4.69, 9.17) is 0 Å². The summed E-state index contributed by atoms with van der Waals surface area (Å²) in [7, 11) is -4.57. The summed E-state index contributed by atoms with van der Waals surface area (Å²) in [6.07, 6.45) is 0.0379. The number of amides is 1. The molecule has 1 aliphatic heterocycles. The van der Waals surface area contributed by atoms with E-state index < -0.39 is 21.9 Å². The summed E-state index contributed by atoms with van der Waals surface area (Å²) in [5.41, 5.74) is 0.799. The van der Waals surface area contributed by atoms with Crippen LogP contribution in [0.4, 0.5) is 9.02 Å². The van der Waals surface area contributed by atoms with E-state index in [0.717, 1.165) is 10.6 Å². The van der Waals surface area contributed by atoms with Gasteiger partial charge in [-0.1, -0.05) is 0 Å². The number of carbonyl (C=O) groups is 1. The molecule has 0 bridgehead atoms. The standard InChI is InChI=1S/C13H13FN2O3S3/c1-8-2-3-11(21-8)10-6-20-13(15-10)16-5-9(4-12(16)17)7-22(14,18)19/h2-3,6,9H,4-5,7H2,1H3. The quantitative estimate of drug-likeness (QED) is 0.787. The molecule has 1 amide bonds. The number of hydrogen-bond donors (Lipinski definition) is 0. The number of aromatic nitrogens is 1. The number of hydrogen-bond acceptors (Lipinski definition) is 6. The highest BCUT2D eigenvalue weighted by molar-refractivity contribution is 7.86. The van der Waals surface area contributed by atoms with Gasteiger partial charge in [0.25, 0.3) is 0 Å². The van der Waals surface area contributed by atoms with Crippen LogP contribution in [-0.4, -0.2) is 31.6 Å². The van der Waals surface area contributed by atoms with Crippen molar-refractivity contribution in [2.45, 2.75) is 13.3 Å². The summed E-state index contributed by atoms with van der Waals surface area (Å²) in [5.74, 6) is -1.34. The third-order valence-corrected chi connectivity index (χ3v) is 6.11. The minimum Gasteiger partial charge on any atom is -0.288 e. The Kier molecular flexibility index (Phi) is 4.04. The second-order valence-corrected chi connectivity index (χ2v) is 8.74. The molecule has 3 heterocycles. The highest BCUT2D eigenvalue weighted by Gasteiger charge is 2.35. The van der Waals surface area contributed by atoms with Gasteiger partial charge in [0.2, 0.25) is 5.91 Å². The highest BCUT2D eigenvalue weighted by Crippen LogP contribution is 2.34. The van der Waals surface area contributed by atoms with Gasteiger partial charge in [0.1, 0.15) is 0 Å². The van der Waals surface area contributed by atoms with E-state index in [2.05, 4.69) is 4.98 Å². The number of thiazole rings is 1. The first-order valence-electron chi connectivity index (χ1n) is 6.57. The Labute approximate surface area is 135 Å². The first kappa shape index (κ1) is 15.6. The lowest BCUT2D eigenvalue weighted by atomic mass is 10.1. The monoisotopic (exact) mass is 360 g/mol. The molecule has 2 aromatic rings. The lowest BCUT2D eigenvalue weighted by Gasteiger charge is -2.12. The van der Waals surface area contributed by atoms with E-state index >= 15 is 0 Å². The van der Waals surface area contributed by atoms with Crippen LogP contribution in [0.15, 0.2) is 17.5 Å². The molecular formula is C13H13FN2O3S3. The zero-order valence-electron chi connectivity index (χ0n) is 11.7. The van der Waals surface area contributed by atoms with Gasteiger partial charge >= 0.3 is 10.2 Å². The van der Waals surface area contributed by atoms with Gasteiger partial charge in [-0.15, -0.1) is 26.6 Å². The summed E-state index contributed by atoms with van der Waals surface area (Å²) in [6, 6.07) is 3.98. The minimum atomic E-state index is -4.57. The van der Waals surface area contributed by atoms with Crippen molar-refractivity contribution in [2.24, 2.45) is 5.92 Å². The number of rotatable bonds is 4. The molecule has 2 aromatic heterocycles. The summed E-state index contributed by atoms with van der Waals surface area (Å²) in [5, 5.41) is 2.40. The zero-order chi connectivity index (χ0) is 15.9. The van der Waals surface area contributed by atoms with E-state index in [1.807, 2.05) is 24.4 Å². The molecule has 0 N–H and O–H groups in total. The summed E-state index contributed by atoms with van der Waals surface area (Å²) >= 11 is 2.95. The molecule has 0 radical (unpaired) electrons. The van der Waals surface area contributed by atoms with Crippen LogP contribution >= 0.6 is 22.7 Å². The van der Waals surface area contributed by atoms with Crippen LogP contribution in [0.2, 0.25) is 0 Å². The van der Waals surface area contributed by atoms with Crippen molar-refractivity contribution in [1.82, 2.24) is 4.98 Å². The van der Waals surface area contributed by atoms with E-state index in [1.54, 1.807) is 11.3 Å². The molecule has 0 saturated carbocycles. The Morgan fingerprint density at radius 1 is 1.45 bits per heavy atom. The molecule has 1 unspecified atom stereocenters. The predicted octanol–water partition coefficient (Wildman–Crippen LogP) is 2.83. The molecule has 1 fully saturated rings. The van der Waals surface area contributed by atoms with Crippen molar-refractivity contribution < 1.29 is 17.1 Å². The van der Waals surface area contributed by atoms with E-state index in [1.165, 1.54) is 21.1 Å². The van der Waals surface area contributed by atoms with Crippen LogP contribution in [0.5, 0.6) is 0 Å². The lowest BCUT2D eigenvalue weighted by molar-refractivity contribution is -0.117. The zero-order valence-corrected chi connectivity index (χ0v) is 14.1. The average Bonchev–Trinajstić information content (AvgIpc) is 3.07. The van der Waals surface area contributed by atoms with Crippen LogP contribution in [0.25, 0.3) is 10.6 Å². The van der Waals surface area contributed by atoms with Gasteiger partial charge in [0, 0.05) is 29.1 Å². The van der Waals surface area contributed by atoms with Gasteiger partial charge in [0.15, 0.2) is 5.13 Å². The van der Waals surface area contributed by atoms with Crippen LogP contribution in [0, 0.1) is 12.8 Å². The number of nitrogens with zero attached hydrogens (tertiary/aromatic N) is 2. The molecule has 3 rings (SSSR count). The molecule has 1 aliphatic rings. The van der Waals surface area contributed by atoms with Gasteiger partial charge < -0.3 is 0 Å². The molecule has 0 aliphatic carbocycles. The first-order valence-corrected chi connectivity index (χ1v) is 9.82. The molecule has 22 heavy (non-hydrogen) atoms. The Morgan fingerprint density at radius 2 is 2.23 bits per heavy atom. The van der Waals surface area contributed by atoms with E-state index in [0.29, 0.717) is 5.13 Å². The topological polar surface area (TPSA) is 67.3 Å². The fourth-order valence-corrected chi connectivity index (χ4v) is 4.97. The van der Waals surface area contributed by atoms with Crippen LogP contribution in [-0.2, 0) is 15.0 Å². The number of thiophene rings is 1. The first-order chi connectivity index (χ1) is 10.3. The summed E-state index contributed by atoms with van der Waals surface area (Å²) in [6.45, 7) is 2.20. The maximum Gasteiger partial charge on any atom is 0.302 e. The Hall–Kier alpha value is -1.32. The molecule has 5 nitrogen and oxygen atoms in total. The largest absolute Gasteiger partial charge is 0.302 e. The van der Waals surface area contributed by atoms with Crippen molar-refractivity contribution in [3.63, 3.8) is 0 Å². The molecule has 0 aromatic carbocycles. The fourth-order valence-electron chi connectivity index (χ4n) is 2.43. The maximum atomic E-state index is 12.8. The molecule has 118 valence electrons. The Bertz CT molecular complexity index is 812. The van der Waals surface area contributed by atoms with Gasteiger partial charge in [-0.3, -0.25) is 9.69 Å². The normalized spacial score (nSPS) is 19.1. The second-order valence-electron chi connectivity index (χ2n) is 5.21. The Morgan fingerprint density at radius 3 is 2.86 bits per heavy atom. The van der Waals surface area contributed by atoms with Crippen molar-refractivity contribution in [3.8, 4) is 10.6 Å². The second kappa shape index (κ2) is 5.71. The molecule has 9 heteroatoms. The summed E-state index contributed by atoms with van der Waals surface area (Å²) < 4.78 is 34.2. The smallest absolute Gasteiger partial charge is 0.288 e. The SMILES string of the molecule is Cc1ccc(-c2csc(N3CC(CS(=O)(=O)F)CC3=O)n2)s1. The van der Waals surface area contributed by atoms with Gasteiger partial charge in [-0.2, -0.15) is 8.42 Å². The third kappa shape index (κ3) is 3.36. The van der Waals surface area contributed by atoms with Crippen LogP contribution < -0.4 is 4.90 Å². The Balaban J connectivity index is 1.77. The van der Waals surface area contributed by atoms with Crippen molar-refractivity contribution in [2.75, 3.05) is 17.2 Å². The number of aryl methyl sites for hydroxylation is 1. The van der Waals surface area contributed by atoms with Crippen molar-refractivity contribution >= 4 is 43.9 Å². The van der Waals surface area contributed by atoms with Crippen LogP contribution in [0.3, 0.4) is 0 Å². The fraction of sp³-hybridized carbons (Fsp3) is 0.385. The molecule has 1 saturated heterocycles. The average molecular weight is 360 g/mol. The van der Waals surface area contributed by atoms with Gasteiger partial charge in [-0.25, -0.2) is 4.98 Å². The summed E-state index contributed by atoms with van der Waals surface area (Å²) in [4.78, 5) is 20.1. The van der Waals surface area contributed by atoms with E-state index in [9.17, 15) is 17.1 Å². The predicted molar refractivity (Wildman–Crippen MR) is 85.5 cm³/mol. The minimum absolute atomic E-state index is 0.0379. The van der Waals surface area contributed by atoms with Crippen LogP contribution in [0.1, 0.15) is 11.3 Å². The molecule has 0 spiro atoms. The third-order valence-electron chi connectivity index (χ3n) is 3.36. The van der Waals surface area contributed by atoms with Crippen molar-refractivity contribution in [3.05, 3.63) is 22.4 Å².